The highest BCUT2D eigenvalue weighted by atomic mass is 127. The number of aliphatic hydroxyl groups excluding tert-OH is 1. The number of hydrogen-bond acceptors (Lipinski definition) is 8. The maximum Gasteiger partial charge on any atom is 0.257 e. The molecule has 1 unspecified atom stereocenters. The van der Waals surface area contributed by atoms with Gasteiger partial charge >= 0.3 is 0 Å². The van der Waals surface area contributed by atoms with Gasteiger partial charge in [-0.25, -0.2) is 4.98 Å². The van der Waals surface area contributed by atoms with Gasteiger partial charge in [0.1, 0.15) is 12.2 Å². The lowest BCUT2D eigenvalue weighted by molar-refractivity contribution is -0.184. The second-order valence-corrected chi connectivity index (χ2v) is 8.93. The predicted octanol–water partition coefficient (Wildman–Crippen LogP) is 1.47. The van der Waals surface area contributed by atoms with Gasteiger partial charge in [-0.15, -0.1) is 0 Å². The molecule has 0 saturated carbocycles. The Morgan fingerprint density at radius 3 is 3.06 bits per heavy atom. The Balaban J connectivity index is 1.47. The lowest BCUT2D eigenvalue weighted by Crippen LogP contribution is -2.53. The molecule has 31 heavy (non-hydrogen) atoms. The molecular weight excluding hydrogens is 539 g/mol. The number of anilines is 1. The minimum absolute atomic E-state index is 0.0277. The highest BCUT2D eigenvalue weighted by molar-refractivity contribution is 14.1. The summed E-state index contributed by atoms with van der Waals surface area (Å²) in [6, 6.07) is 8.07. The van der Waals surface area contributed by atoms with Crippen molar-refractivity contribution in [3.8, 4) is 0 Å². The van der Waals surface area contributed by atoms with Crippen LogP contribution in [0.3, 0.4) is 0 Å². The number of ether oxygens (including phenoxy) is 2. The molecule has 2 aliphatic rings. The lowest BCUT2D eigenvalue weighted by atomic mass is 9.98. The van der Waals surface area contributed by atoms with Crippen molar-refractivity contribution in [2.24, 2.45) is 0 Å². The number of imidazole rings is 1. The summed E-state index contributed by atoms with van der Waals surface area (Å²) in [5.74, 6) is 0.0279. The summed E-state index contributed by atoms with van der Waals surface area (Å²) in [4.78, 5) is 25.4. The van der Waals surface area contributed by atoms with E-state index in [2.05, 4.69) is 54.2 Å². The minimum atomic E-state index is -1.47. The molecule has 0 spiro atoms. The summed E-state index contributed by atoms with van der Waals surface area (Å²) in [6.45, 7) is 0.496. The standard InChI is InChI=1S/C19H18ClIN6O4/c1-22-17(29)19-7-30-12(13(19)28)16(31-19)27-8-24-11-14(25-18(20)26-15(11)27)23-6-9-3-2-4-10(21)5-9/h2-5,8,12-13,16,28H,6-7H2,1H3,(H,22,29)(H,23,25,26)/t12-,13?,16+,19+/m0/s1. The van der Waals surface area contributed by atoms with Crippen molar-refractivity contribution in [1.29, 1.82) is 0 Å². The third-order valence-corrected chi connectivity index (χ3v) is 6.36. The van der Waals surface area contributed by atoms with Gasteiger partial charge in [0.15, 0.2) is 23.2 Å². The molecule has 3 aromatic rings. The molecule has 2 fully saturated rings. The molecule has 2 bridgehead atoms. The van der Waals surface area contributed by atoms with Crippen molar-refractivity contribution in [2.75, 3.05) is 19.0 Å². The summed E-state index contributed by atoms with van der Waals surface area (Å²) >= 11 is 8.44. The zero-order chi connectivity index (χ0) is 21.8. The van der Waals surface area contributed by atoms with Crippen LogP contribution >= 0.6 is 34.2 Å². The van der Waals surface area contributed by atoms with Crippen molar-refractivity contribution in [3.05, 3.63) is 45.0 Å². The maximum absolute atomic E-state index is 12.4. The molecule has 0 aliphatic carbocycles. The van der Waals surface area contributed by atoms with E-state index in [1.54, 1.807) is 4.57 Å². The second-order valence-electron chi connectivity index (χ2n) is 7.35. The number of likely N-dealkylation sites (N-methyl/N-ethyl adjacent to an activating group) is 1. The first-order chi connectivity index (χ1) is 14.9. The minimum Gasteiger partial charge on any atom is -0.387 e. The molecule has 4 atom stereocenters. The van der Waals surface area contributed by atoms with Crippen molar-refractivity contribution >= 4 is 57.1 Å². The number of aliphatic hydroxyl groups is 1. The van der Waals surface area contributed by atoms with Crippen LogP contribution in [-0.2, 0) is 20.8 Å². The summed E-state index contributed by atoms with van der Waals surface area (Å²) in [5.41, 5.74) is 0.508. The van der Waals surface area contributed by atoms with Crippen LogP contribution in [0.15, 0.2) is 30.6 Å². The number of aromatic nitrogens is 4. The fraction of sp³-hybridized carbons (Fsp3) is 0.368. The van der Waals surface area contributed by atoms with Crippen LogP contribution in [0.1, 0.15) is 11.8 Å². The van der Waals surface area contributed by atoms with Crippen LogP contribution in [0, 0.1) is 3.57 Å². The Morgan fingerprint density at radius 1 is 1.45 bits per heavy atom. The number of fused-ring (bicyclic) bond motifs is 3. The van der Waals surface area contributed by atoms with Gasteiger partial charge in [0.05, 0.1) is 12.9 Å². The van der Waals surface area contributed by atoms with Gasteiger partial charge in [0, 0.05) is 17.2 Å². The maximum atomic E-state index is 12.4. The molecule has 0 radical (unpaired) electrons. The molecule has 1 amide bonds. The topological polar surface area (TPSA) is 123 Å². The summed E-state index contributed by atoms with van der Waals surface area (Å²) in [5, 5.41) is 16.5. The van der Waals surface area contributed by atoms with Crippen molar-refractivity contribution < 1.29 is 19.4 Å². The van der Waals surface area contributed by atoms with Gasteiger partial charge in [-0.2, -0.15) is 9.97 Å². The fourth-order valence-electron chi connectivity index (χ4n) is 4.00. The number of rotatable bonds is 5. The van der Waals surface area contributed by atoms with E-state index >= 15 is 0 Å². The number of halogens is 2. The Kier molecular flexibility index (Phi) is 5.25. The molecule has 2 saturated heterocycles. The van der Waals surface area contributed by atoms with Gasteiger partial charge in [0.25, 0.3) is 5.91 Å². The quantitative estimate of drug-likeness (QED) is 0.319. The van der Waals surface area contributed by atoms with Crippen molar-refractivity contribution in [1.82, 2.24) is 24.8 Å². The molecule has 2 aromatic heterocycles. The molecule has 4 heterocycles. The van der Waals surface area contributed by atoms with Crippen LogP contribution in [0.2, 0.25) is 5.28 Å². The van der Waals surface area contributed by atoms with E-state index in [0.717, 1.165) is 9.13 Å². The molecule has 1 aromatic carbocycles. The van der Waals surface area contributed by atoms with Gasteiger partial charge in [-0.3, -0.25) is 9.36 Å². The van der Waals surface area contributed by atoms with Crippen molar-refractivity contribution in [2.45, 2.75) is 30.6 Å². The van der Waals surface area contributed by atoms with Crippen LogP contribution in [0.4, 0.5) is 5.82 Å². The van der Waals surface area contributed by atoms with Crippen LogP contribution < -0.4 is 10.6 Å². The number of nitrogens with zero attached hydrogens (tertiary/aromatic N) is 4. The first-order valence-corrected chi connectivity index (χ1v) is 11.0. The average Bonchev–Trinajstić information content (AvgIpc) is 3.41. The molecule has 2 aliphatic heterocycles. The third kappa shape index (κ3) is 3.35. The van der Waals surface area contributed by atoms with E-state index in [1.807, 2.05) is 18.2 Å². The average molecular weight is 557 g/mol. The van der Waals surface area contributed by atoms with Gasteiger partial charge in [-0.1, -0.05) is 12.1 Å². The van der Waals surface area contributed by atoms with Gasteiger partial charge in [0.2, 0.25) is 10.9 Å². The lowest BCUT2D eigenvalue weighted by Gasteiger charge is -2.29. The molecule has 3 N–H and O–H groups in total. The summed E-state index contributed by atoms with van der Waals surface area (Å²) < 4.78 is 14.4. The third-order valence-electron chi connectivity index (χ3n) is 5.52. The molecular formula is C19H18ClIN6O4. The second kappa shape index (κ2) is 7.81. The highest BCUT2D eigenvalue weighted by Gasteiger charge is 2.65. The SMILES string of the molecule is CNC(=O)[C@@]12CO[C@@H](C1O)[C@H](n1cnc3c(NCc4cccc(I)c4)nc(Cl)nc31)O2. The number of carbonyl (C=O) groups is 1. The first-order valence-electron chi connectivity index (χ1n) is 9.51. The Labute approximate surface area is 195 Å². The van der Waals surface area contributed by atoms with E-state index in [4.69, 9.17) is 21.1 Å². The summed E-state index contributed by atoms with van der Waals surface area (Å²) in [7, 11) is 1.49. The highest BCUT2D eigenvalue weighted by Crippen LogP contribution is 2.46. The van der Waals surface area contributed by atoms with E-state index in [0.29, 0.717) is 23.5 Å². The van der Waals surface area contributed by atoms with E-state index in [9.17, 15) is 9.90 Å². The zero-order valence-electron chi connectivity index (χ0n) is 16.2. The largest absolute Gasteiger partial charge is 0.387 e. The molecule has 10 nitrogen and oxygen atoms in total. The Hall–Kier alpha value is -2.06. The van der Waals surface area contributed by atoms with Crippen LogP contribution in [0.5, 0.6) is 0 Å². The smallest absolute Gasteiger partial charge is 0.257 e. The normalized spacial score (nSPS) is 27.0. The van der Waals surface area contributed by atoms with E-state index < -0.39 is 29.9 Å². The number of hydrogen-bond donors (Lipinski definition) is 3. The fourth-order valence-corrected chi connectivity index (χ4v) is 4.77. The number of benzene rings is 1. The van der Waals surface area contributed by atoms with Crippen molar-refractivity contribution in [3.63, 3.8) is 0 Å². The van der Waals surface area contributed by atoms with E-state index in [1.165, 1.54) is 13.4 Å². The van der Waals surface area contributed by atoms with Gasteiger partial charge in [-0.05, 0) is 51.9 Å². The first kappa shape index (κ1) is 20.8. The molecule has 12 heteroatoms. The molecule has 5 rings (SSSR count). The molecule has 162 valence electrons. The zero-order valence-corrected chi connectivity index (χ0v) is 19.2. The van der Waals surface area contributed by atoms with Gasteiger partial charge < -0.3 is 25.2 Å². The van der Waals surface area contributed by atoms with Crippen LogP contribution in [0.25, 0.3) is 11.2 Å². The number of nitrogens with one attached hydrogen (secondary N) is 2. The summed E-state index contributed by atoms with van der Waals surface area (Å²) in [6.07, 6.45) is -1.14. The Bertz CT molecular complexity index is 1180. The predicted molar refractivity (Wildman–Crippen MR) is 119 cm³/mol. The monoisotopic (exact) mass is 556 g/mol. The number of carbonyl (C=O) groups excluding carboxylic acids is 1. The van der Waals surface area contributed by atoms with E-state index in [-0.39, 0.29) is 11.9 Å². The van der Waals surface area contributed by atoms with Crippen LogP contribution in [-0.4, -0.2) is 62.0 Å². The Morgan fingerprint density at radius 2 is 2.29 bits per heavy atom. The number of amides is 1.